The number of amides is 1. The summed E-state index contributed by atoms with van der Waals surface area (Å²) in [5.74, 6) is 1.20. The van der Waals surface area contributed by atoms with E-state index in [1.807, 2.05) is 12.1 Å². The zero-order chi connectivity index (χ0) is 17.5. The van der Waals surface area contributed by atoms with Gasteiger partial charge in [0.05, 0.1) is 25.5 Å². The molecule has 3 rings (SSSR count). The molecule has 1 aliphatic heterocycles. The topological polar surface area (TPSA) is 54.7 Å². The molecule has 0 saturated carbocycles. The van der Waals surface area contributed by atoms with Crippen LogP contribution >= 0.6 is 0 Å². The minimum Gasteiger partial charge on any atom is -0.494 e. The van der Waals surface area contributed by atoms with Crippen molar-refractivity contribution in [3.05, 3.63) is 54.2 Å². The molecule has 1 atom stereocenters. The van der Waals surface area contributed by atoms with Crippen molar-refractivity contribution in [2.75, 3.05) is 19.7 Å². The predicted molar refractivity (Wildman–Crippen MR) is 91.7 cm³/mol. The lowest BCUT2D eigenvalue weighted by Gasteiger charge is -2.23. The van der Waals surface area contributed by atoms with E-state index in [-0.39, 0.29) is 17.8 Å². The number of nitrogens with zero attached hydrogens (tertiary/aromatic N) is 1. The SMILES string of the molecule is O=C(NCc1ccco1)C1CCCN1CCCOc1ccc(F)cc1. The Morgan fingerprint density at radius 1 is 1.32 bits per heavy atom. The summed E-state index contributed by atoms with van der Waals surface area (Å²) in [4.78, 5) is 14.6. The monoisotopic (exact) mass is 346 g/mol. The molecule has 1 saturated heterocycles. The lowest BCUT2D eigenvalue weighted by molar-refractivity contribution is -0.125. The maximum absolute atomic E-state index is 12.8. The van der Waals surface area contributed by atoms with Crippen LogP contribution < -0.4 is 10.1 Å². The first-order chi connectivity index (χ1) is 12.2. The first-order valence-electron chi connectivity index (χ1n) is 8.65. The molecule has 0 spiro atoms. The highest BCUT2D eigenvalue weighted by molar-refractivity contribution is 5.81. The van der Waals surface area contributed by atoms with Gasteiger partial charge in [0.15, 0.2) is 0 Å². The molecule has 0 radical (unpaired) electrons. The van der Waals surface area contributed by atoms with E-state index < -0.39 is 0 Å². The molecule has 0 bridgehead atoms. The summed E-state index contributed by atoms with van der Waals surface area (Å²) >= 11 is 0. The average molecular weight is 346 g/mol. The molecule has 1 amide bonds. The first kappa shape index (κ1) is 17.5. The van der Waals surface area contributed by atoms with Crippen molar-refractivity contribution in [2.45, 2.75) is 31.8 Å². The van der Waals surface area contributed by atoms with Crippen molar-refractivity contribution in [1.82, 2.24) is 10.2 Å². The molecule has 1 aromatic heterocycles. The molecule has 1 aromatic carbocycles. The van der Waals surface area contributed by atoms with Gasteiger partial charge in [0, 0.05) is 6.54 Å². The number of furan rings is 1. The smallest absolute Gasteiger partial charge is 0.237 e. The van der Waals surface area contributed by atoms with Crippen LogP contribution in [0.5, 0.6) is 5.75 Å². The Balaban J connectivity index is 1.39. The van der Waals surface area contributed by atoms with E-state index in [2.05, 4.69) is 10.2 Å². The van der Waals surface area contributed by atoms with Crippen LogP contribution in [0, 0.1) is 5.82 Å². The average Bonchev–Trinajstić information content (AvgIpc) is 3.30. The summed E-state index contributed by atoms with van der Waals surface area (Å²) in [7, 11) is 0. The molecular formula is C19H23FN2O3. The highest BCUT2D eigenvalue weighted by Gasteiger charge is 2.30. The molecule has 2 aromatic rings. The van der Waals surface area contributed by atoms with Gasteiger partial charge in [-0.3, -0.25) is 9.69 Å². The van der Waals surface area contributed by atoms with Crippen LogP contribution in [0.25, 0.3) is 0 Å². The molecule has 0 aliphatic carbocycles. The summed E-state index contributed by atoms with van der Waals surface area (Å²) in [6.45, 7) is 2.70. The van der Waals surface area contributed by atoms with Crippen molar-refractivity contribution >= 4 is 5.91 Å². The summed E-state index contributed by atoms with van der Waals surface area (Å²) in [5, 5.41) is 2.94. The standard InChI is InChI=1S/C19H23FN2O3/c20-15-6-8-16(9-7-15)24-13-3-11-22-10-1-5-18(22)19(23)21-14-17-4-2-12-25-17/h2,4,6-9,12,18H,1,3,5,10-11,13-14H2,(H,21,23). The fraction of sp³-hybridized carbons (Fsp3) is 0.421. The van der Waals surface area contributed by atoms with E-state index in [1.165, 1.54) is 12.1 Å². The minimum absolute atomic E-state index is 0.0494. The quantitative estimate of drug-likeness (QED) is 0.747. The number of hydrogen-bond donors (Lipinski definition) is 1. The highest BCUT2D eigenvalue weighted by Crippen LogP contribution is 2.18. The Morgan fingerprint density at radius 2 is 2.16 bits per heavy atom. The van der Waals surface area contributed by atoms with E-state index in [9.17, 15) is 9.18 Å². The van der Waals surface area contributed by atoms with Crippen molar-refractivity contribution in [1.29, 1.82) is 0 Å². The van der Waals surface area contributed by atoms with Crippen molar-refractivity contribution < 1.29 is 18.3 Å². The summed E-state index contributed by atoms with van der Waals surface area (Å²) in [5.41, 5.74) is 0. The van der Waals surface area contributed by atoms with Gasteiger partial charge in [-0.15, -0.1) is 0 Å². The van der Waals surface area contributed by atoms with Crippen LogP contribution in [-0.4, -0.2) is 36.5 Å². The Kier molecular flexibility index (Phi) is 6.06. The third kappa shape index (κ3) is 5.06. The van der Waals surface area contributed by atoms with Gasteiger partial charge >= 0.3 is 0 Å². The number of hydrogen-bond acceptors (Lipinski definition) is 4. The molecule has 1 aliphatic rings. The summed E-state index contributed by atoms with van der Waals surface area (Å²) in [6.07, 6.45) is 4.32. The van der Waals surface area contributed by atoms with Gasteiger partial charge in [0.1, 0.15) is 17.3 Å². The normalized spacial score (nSPS) is 17.6. The Labute approximate surface area is 146 Å². The van der Waals surface area contributed by atoms with E-state index in [1.54, 1.807) is 18.4 Å². The van der Waals surface area contributed by atoms with Gasteiger partial charge in [0.2, 0.25) is 5.91 Å². The predicted octanol–water partition coefficient (Wildman–Crippen LogP) is 2.97. The lowest BCUT2D eigenvalue weighted by atomic mass is 10.2. The van der Waals surface area contributed by atoms with Gasteiger partial charge in [-0.1, -0.05) is 0 Å². The molecule has 25 heavy (non-hydrogen) atoms. The van der Waals surface area contributed by atoms with Crippen LogP contribution in [0.2, 0.25) is 0 Å². The number of ether oxygens (including phenoxy) is 1. The van der Waals surface area contributed by atoms with Crippen molar-refractivity contribution in [3.63, 3.8) is 0 Å². The van der Waals surface area contributed by atoms with Gasteiger partial charge in [-0.25, -0.2) is 4.39 Å². The number of likely N-dealkylation sites (tertiary alicyclic amines) is 1. The number of carbonyl (C=O) groups excluding carboxylic acids is 1. The van der Waals surface area contributed by atoms with Crippen molar-refractivity contribution in [3.8, 4) is 5.75 Å². The number of nitrogens with one attached hydrogen (secondary N) is 1. The fourth-order valence-corrected chi connectivity index (χ4v) is 3.08. The molecule has 2 heterocycles. The minimum atomic E-state index is -0.271. The first-order valence-corrected chi connectivity index (χ1v) is 8.65. The third-order valence-electron chi connectivity index (χ3n) is 4.36. The Bertz CT molecular complexity index is 658. The fourth-order valence-electron chi connectivity index (χ4n) is 3.08. The van der Waals surface area contributed by atoms with Crippen LogP contribution in [-0.2, 0) is 11.3 Å². The maximum Gasteiger partial charge on any atom is 0.237 e. The molecule has 1 N–H and O–H groups in total. The second-order valence-electron chi connectivity index (χ2n) is 6.15. The number of carbonyl (C=O) groups is 1. The zero-order valence-corrected chi connectivity index (χ0v) is 14.1. The summed E-state index contributed by atoms with van der Waals surface area (Å²) in [6, 6.07) is 9.58. The number of rotatable bonds is 8. The number of benzene rings is 1. The maximum atomic E-state index is 12.8. The molecule has 134 valence electrons. The third-order valence-corrected chi connectivity index (χ3v) is 4.36. The molecule has 6 heteroatoms. The zero-order valence-electron chi connectivity index (χ0n) is 14.1. The van der Waals surface area contributed by atoms with E-state index in [0.717, 1.165) is 38.1 Å². The highest BCUT2D eigenvalue weighted by atomic mass is 19.1. The van der Waals surface area contributed by atoms with Gasteiger partial charge in [-0.2, -0.15) is 0 Å². The molecule has 1 unspecified atom stereocenters. The van der Waals surface area contributed by atoms with Crippen LogP contribution in [0.15, 0.2) is 47.1 Å². The molecular weight excluding hydrogens is 323 g/mol. The van der Waals surface area contributed by atoms with Gasteiger partial charge in [0.25, 0.3) is 0 Å². The second kappa shape index (κ2) is 8.67. The Hall–Kier alpha value is -2.34. The van der Waals surface area contributed by atoms with E-state index >= 15 is 0 Å². The largest absolute Gasteiger partial charge is 0.494 e. The lowest BCUT2D eigenvalue weighted by Crippen LogP contribution is -2.43. The van der Waals surface area contributed by atoms with Crippen LogP contribution in [0.1, 0.15) is 25.0 Å². The van der Waals surface area contributed by atoms with Gasteiger partial charge < -0.3 is 14.5 Å². The summed E-state index contributed by atoms with van der Waals surface area (Å²) < 4.78 is 23.7. The van der Waals surface area contributed by atoms with Crippen LogP contribution in [0.3, 0.4) is 0 Å². The van der Waals surface area contributed by atoms with E-state index in [0.29, 0.717) is 18.9 Å². The van der Waals surface area contributed by atoms with Gasteiger partial charge in [-0.05, 0) is 62.2 Å². The second-order valence-corrected chi connectivity index (χ2v) is 6.15. The number of halogens is 1. The Morgan fingerprint density at radius 3 is 2.92 bits per heavy atom. The molecule has 1 fully saturated rings. The van der Waals surface area contributed by atoms with Crippen LogP contribution in [0.4, 0.5) is 4.39 Å². The van der Waals surface area contributed by atoms with Crippen molar-refractivity contribution in [2.24, 2.45) is 0 Å². The molecule has 5 nitrogen and oxygen atoms in total. The van der Waals surface area contributed by atoms with E-state index in [4.69, 9.17) is 9.15 Å².